The van der Waals surface area contributed by atoms with Crippen LogP contribution in [0.3, 0.4) is 0 Å². The van der Waals surface area contributed by atoms with E-state index in [-0.39, 0.29) is 5.91 Å². The highest BCUT2D eigenvalue weighted by atomic mass is 35.5. The van der Waals surface area contributed by atoms with Gasteiger partial charge in [-0.05, 0) is 25.1 Å². The van der Waals surface area contributed by atoms with Gasteiger partial charge < -0.3 is 10.3 Å². The number of carbonyl (C=O) groups is 1. The number of hydrogen-bond donors (Lipinski definition) is 2. The maximum absolute atomic E-state index is 11.5. The molecule has 0 saturated heterocycles. The molecule has 6 heteroatoms. The third-order valence-corrected chi connectivity index (χ3v) is 2.73. The number of rotatable bonds is 2. The third kappa shape index (κ3) is 2.25. The number of hydrogen-bond acceptors (Lipinski definition) is 3. The standard InChI is InChI=1S/C11H13ClN4O/c1-6(13)10(17)15-11-14-8-5-7(12)3-4-9(8)16(11)2/h3-6H,13H2,1-2H3,(H,14,15,17). The summed E-state index contributed by atoms with van der Waals surface area (Å²) in [6.45, 7) is 1.62. The molecule has 1 aromatic carbocycles. The highest BCUT2D eigenvalue weighted by Gasteiger charge is 2.13. The fourth-order valence-electron chi connectivity index (χ4n) is 1.51. The van der Waals surface area contributed by atoms with Crippen LogP contribution in [0.5, 0.6) is 0 Å². The van der Waals surface area contributed by atoms with E-state index < -0.39 is 6.04 Å². The van der Waals surface area contributed by atoms with Gasteiger partial charge in [-0.2, -0.15) is 0 Å². The van der Waals surface area contributed by atoms with Gasteiger partial charge in [0.15, 0.2) is 0 Å². The van der Waals surface area contributed by atoms with Gasteiger partial charge in [0.25, 0.3) is 0 Å². The van der Waals surface area contributed by atoms with Crippen LogP contribution in [0.2, 0.25) is 5.02 Å². The zero-order valence-electron chi connectivity index (χ0n) is 9.57. The molecule has 1 heterocycles. The molecule has 2 aromatic rings. The molecule has 1 atom stereocenters. The van der Waals surface area contributed by atoms with Crippen LogP contribution in [0.25, 0.3) is 11.0 Å². The summed E-state index contributed by atoms with van der Waals surface area (Å²) in [4.78, 5) is 15.8. The zero-order chi connectivity index (χ0) is 12.6. The Hall–Kier alpha value is -1.59. The summed E-state index contributed by atoms with van der Waals surface area (Å²) in [5.41, 5.74) is 7.12. The Morgan fingerprint density at radius 1 is 1.59 bits per heavy atom. The van der Waals surface area contributed by atoms with Crippen molar-refractivity contribution < 1.29 is 4.79 Å². The minimum Gasteiger partial charge on any atom is -0.320 e. The van der Waals surface area contributed by atoms with Crippen molar-refractivity contribution in [1.29, 1.82) is 0 Å². The van der Waals surface area contributed by atoms with Crippen molar-refractivity contribution >= 4 is 34.5 Å². The van der Waals surface area contributed by atoms with Gasteiger partial charge in [0.2, 0.25) is 11.9 Å². The van der Waals surface area contributed by atoms with Crippen LogP contribution in [0.1, 0.15) is 6.92 Å². The maximum atomic E-state index is 11.5. The van der Waals surface area contributed by atoms with Gasteiger partial charge in [-0.1, -0.05) is 11.6 Å². The van der Waals surface area contributed by atoms with Crippen molar-refractivity contribution in [1.82, 2.24) is 9.55 Å². The largest absolute Gasteiger partial charge is 0.320 e. The number of amides is 1. The van der Waals surface area contributed by atoms with E-state index in [9.17, 15) is 4.79 Å². The number of nitrogens with two attached hydrogens (primary N) is 1. The molecule has 0 fully saturated rings. The monoisotopic (exact) mass is 252 g/mol. The number of halogens is 1. The van der Waals surface area contributed by atoms with Crippen molar-refractivity contribution in [3.63, 3.8) is 0 Å². The van der Waals surface area contributed by atoms with E-state index in [0.29, 0.717) is 11.0 Å². The van der Waals surface area contributed by atoms with E-state index >= 15 is 0 Å². The second-order valence-electron chi connectivity index (χ2n) is 3.91. The highest BCUT2D eigenvalue weighted by molar-refractivity contribution is 6.31. The fraction of sp³-hybridized carbons (Fsp3) is 0.273. The minimum absolute atomic E-state index is 0.269. The predicted octanol–water partition coefficient (Wildman–Crippen LogP) is 1.51. The van der Waals surface area contributed by atoms with Crippen LogP contribution in [0.15, 0.2) is 18.2 Å². The summed E-state index contributed by atoms with van der Waals surface area (Å²) >= 11 is 5.88. The lowest BCUT2D eigenvalue weighted by atomic mass is 10.3. The molecule has 5 nitrogen and oxygen atoms in total. The highest BCUT2D eigenvalue weighted by Crippen LogP contribution is 2.21. The molecule has 90 valence electrons. The number of anilines is 1. The van der Waals surface area contributed by atoms with Crippen LogP contribution in [0, 0.1) is 0 Å². The molecule has 3 N–H and O–H groups in total. The Bertz CT molecular complexity index is 576. The molecular weight excluding hydrogens is 240 g/mol. The van der Waals surface area contributed by atoms with Gasteiger partial charge in [0.1, 0.15) is 0 Å². The van der Waals surface area contributed by atoms with Crippen LogP contribution >= 0.6 is 11.6 Å². The number of carbonyl (C=O) groups excluding carboxylic acids is 1. The molecule has 0 aliphatic heterocycles. The SMILES string of the molecule is CC(N)C(=O)Nc1nc2cc(Cl)ccc2n1C. The Morgan fingerprint density at radius 3 is 2.94 bits per heavy atom. The van der Waals surface area contributed by atoms with E-state index in [4.69, 9.17) is 17.3 Å². The van der Waals surface area contributed by atoms with Gasteiger partial charge in [-0.15, -0.1) is 0 Å². The summed E-state index contributed by atoms with van der Waals surface area (Å²) in [6, 6.07) is 4.81. The number of nitrogens with one attached hydrogen (secondary N) is 1. The number of imidazole rings is 1. The van der Waals surface area contributed by atoms with Crippen molar-refractivity contribution in [3.05, 3.63) is 23.2 Å². The summed E-state index contributed by atoms with van der Waals surface area (Å²) in [6.07, 6.45) is 0. The van der Waals surface area contributed by atoms with Crippen molar-refractivity contribution in [2.24, 2.45) is 12.8 Å². The summed E-state index contributed by atoms with van der Waals surface area (Å²) in [7, 11) is 1.82. The van der Waals surface area contributed by atoms with E-state index in [1.165, 1.54) is 0 Å². The van der Waals surface area contributed by atoms with Crippen molar-refractivity contribution in [2.45, 2.75) is 13.0 Å². The first kappa shape index (κ1) is 11.9. The quantitative estimate of drug-likeness (QED) is 0.851. The second kappa shape index (κ2) is 4.35. The Kier molecular flexibility index (Phi) is 3.04. The van der Waals surface area contributed by atoms with E-state index in [1.807, 2.05) is 13.1 Å². The van der Waals surface area contributed by atoms with Crippen molar-refractivity contribution in [3.8, 4) is 0 Å². The smallest absolute Gasteiger partial charge is 0.243 e. The molecule has 0 aliphatic carbocycles. The molecular formula is C11H13ClN4O. The average Bonchev–Trinajstić information content (AvgIpc) is 2.55. The number of nitrogens with zero attached hydrogens (tertiary/aromatic N) is 2. The molecule has 1 amide bonds. The van der Waals surface area contributed by atoms with Crippen LogP contribution in [-0.4, -0.2) is 21.5 Å². The number of aryl methyl sites for hydroxylation is 1. The topological polar surface area (TPSA) is 72.9 Å². The van der Waals surface area contributed by atoms with E-state index in [0.717, 1.165) is 11.0 Å². The van der Waals surface area contributed by atoms with Gasteiger partial charge >= 0.3 is 0 Å². The first-order valence-electron chi connectivity index (χ1n) is 5.17. The molecule has 0 aliphatic rings. The molecule has 1 unspecified atom stereocenters. The number of benzene rings is 1. The lowest BCUT2D eigenvalue weighted by Gasteiger charge is -2.06. The maximum Gasteiger partial charge on any atom is 0.243 e. The number of fused-ring (bicyclic) bond motifs is 1. The average molecular weight is 253 g/mol. The molecule has 0 bridgehead atoms. The predicted molar refractivity (Wildman–Crippen MR) is 68.0 cm³/mol. The lowest BCUT2D eigenvalue weighted by molar-refractivity contribution is -0.117. The summed E-state index contributed by atoms with van der Waals surface area (Å²) in [5, 5.41) is 3.28. The summed E-state index contributed by atoms with van der Waals surface area (Å²) in [5.74, 6) is 0.194. The Balaban J connectivity index is 2.42. The van der Waals surface area contributed by atoms with Crippen LogP contribution in [-0.2, 0) is 11.8 Å². The van der Waals surface area contributed by atoms with Gasteiger partial charge in [0, 0.05) is 12.1 Å². The van der Waals surface area contributed by atoms with E-state index in [1.54, 1.807) is 23.6 Å². The van der Waals surface area contributed by atoms with Gasteiger partial charge in [-0.3, -0.25) is 10.1 Å². The van der Waals surface area contributed by atoms with Gasteiger partial charge in [0.05, 0.1) is 17.1 Å². The van der Waals surface area contributed by atoms with Gasteiger partial charge in [-0.25, -0.2) is 4.98 Å². The molecule has 0 saturated carbocycles. The fourth-order valence-corrected chi connectivity index (χ4v) is 1.68. The summed E-state index contributed by atoms with van der Waals surface area (Å²) < 4.78 is 1.78. The van der Waals surface area contributed by atoms with E-state index in [2.05, 4.69) is 10.3 Å². The normalized spacial score (nSPS) is 12.7. The first-order valence-corrected chi connectivity index (χ1v) is 5.55. The Labute approximate surface area is 104 Å². The molecule has 2 rings (SSSR count). The lowest BCUT2D eigenvalue weighted by Crippen LogP contribution is -2.33. The third-order valence-electron chi connectivity index (χ3n) is 2.49. The number of aromatic nitrogens is 2. The van der Waals surface area contributed by atoms with Crippen molar-refractivity contribution in [2.75, 3.05) is 5.32 Å². The van der Waals surface area contributed by atoms with Crippen LogP contribution in [0.4, 0.5) is 5.95 Å². The Morgan fingerprint density at radius 2 is 2.29 bits per heavy atom. The molecule has 1 aromatic heterocycles. The molecule has 0 radical (unpaired) electrons. The minimum atomic E-state index is -0.571. The first-order chi connectivity index (χ1) is 7.99. The second-order valence-corrected chi connectivity index (χ2v) is 4.34. The molecule has 0 spiro atoms. The van der Waals surface area contributed by atoms with Crippen LogP contribution < -0.4 is 11.1 Å². The zero-order valence-corrected chi connectivity index (χ0v) is 10.3. The molecule has 17 heavy (non-hydrogen) atoms.